The van der Waals surface area contributed by atoms with Gasteiger partial charge in [-0.3, -0.25) is 13.9 Å². The van der Waals surface area contributed by atoms with Gasteiger partial charge in [0.05, 0.1) is 11.9 Å². The average Bonchev–Trinajstić information content (AvgIpc) is 3.21. The van der Waals surface area contributed by atoms with E-state index in [-0.39, 0.29) is 24.9 Å². The molecule has 1 aliphatic heterocycles. The Kier molecular flexibility index (Phi) is 7.86. The number of carbonyl (C=O) groups is 2. The molecule has 2 aromatic carbocycles. The van der Waals surface area contributed by atoms with Crippen molar-refractivity contribution in [3.63, 3.8) is 0 Å². The zero-order valence-corrected chi connectivity index (χ0v) is 21.9. The third-order valence-corrected chi connectivity index (χ3v) is 6.61. The molecular weight excluding hydrogens is 494 g/mol. The number of fused-ring (bicyclic) bond motifs is 1. The van der Waals surface area contributed by atoms with Crippen LogP contribution in [-0.4, -0.2) is 56.3 Å². The van der Waals surface area contributed by atoms with E-state index in [1.807, 2.05) is 20.8 Å². The van der Waals surface area contributed by atoms with Gasteiger partial charge in [0.15, 0.2) is 11.5 Å². The molecule has 35 heavy (non-hydrogen) atoms. The van der Waals surface area contributed by atoms with Crippen molar-refractivity contribution < 1.29 is 27.5 Å². The highest BCUT2D eigenvalue weighted by Gasteiger charge is 2.32. The lowest BCUT2D eigenvalue weighted by molar-refractivity contribution is -0.140. The lowest BCUT2D eigenvalue weighted by Crippen LogP contribution is -2.54. The quantitative estimate of drug-likeness (QED) is 0.570. The Morgan fingerprint density at radius 2 is 1.80 bits per heavy atom. The number of benzene rings is 2. The second kappa shape index (κ2) is 10.3. The highest BCUT2D eigenvalue weighted by atomic mass is 35.5. The van der Waals surface area contributed by atoms with Crippen molar-refractivity contribution in [2.45, 2.75) is 45.8 Å². The molecule has 0 bridgehead atoms. The zero-order valence-electron chi connectivity index (χ0n) is 20.4. The van der Waals surface area contributed by atoms with Crippen LogP contribution in [0.3, 0.4) is 0 Å². The molecule has 2 aromatic rings. The van der Waals surface area contributed by atoms with E-state index in [2.05, 4.69) is 5.32 Å². The topological polar surface area (TPSA) is 105 Å². The molecule has 0 saturated heterocycles. The molecular formula is C24H30ClN3O6S. The Labute approximate surface area is 211 Å². The van der Waals surface area contributed by atoms with Gasteiger partial charge in [0.2, 0.25) is 28.6 Å². The number of nitrogens with zero attached hydrogens (tertiary/aromatic N) is 2. The van der Waals surface area contributed by atoms with Crippen LogP contribution in [0.4, 0.5) is 5.69 Å². The second-order valence-electron chi connectivity index (χ2n) is 9.37. The van der Waals surface area contributed by atoms with Crippen LogP contribution in [0.1, 0.15) is 33.3 Å². The maximum Gasteiger partial charge on any atom is 0.244 e. The molecule has 0 fully saturated rings. The van der Waals surface area contributed by atoms with E-state index in [0.717, 1.165) is 10.6 Å². The van der Waals surface area contributed by atoms with E-state index in [9.17, 15) is 18.0 Å². The molecule has 0 aromatic heterocycles. The summed E-state index contributed by atoms with van der Waals surface area (Å²) in [7, 11) is -3.85. The van der Waals surface area contributed by atoms with Crippen molar-refractivity contribution >= 4 is 39.1 Å². The predicted molar refractivity (Wildman–Crippen MR) is 134 cm³/mol. The van der Waals surface area contributed by atoms with Gasteiger partial charge in [0.25, 0.3) is 0 Å². The number of rotatable bonds is 8. The highest BCUT2D eigenvalue weighted by molar-refractivity contribution is 7.92. The van der Waals surface area contributed by atoms with E-state index in [0.29, 0.717) is 22.1 Å². The fourth-order valence-corrected chi connectivity index (χ4v) is 4.60. The number of amides is 2. The fourth-order valence-electron chi connectivity index (χ4n) is 3.54. The normalized spacial score (nSPS) is 13.8. The van der Waals surface area contributed by atoms with E-state index in [4.69, 9.17) is 21.1 Å². The van der Waals surface area contributed by atoms with Crippen LogP contribution in [0.5, 0.6) is 11.5 Å². The largest absolute Gasteiger partial charge is 0.454 e. The number of anilines is 1. The SMILES string of the molecule is CC(C(=O)NC(C)(C)C)N(Cc1cccc(Cl)c1)C(=O)CN(c1ccc2c(c1)OCO2)S(C)(=O)=O. The first-order valence-electron chi connectivity index (χ1n) is 11.0. The molecule has 190 valence electrons. The van der Waals surface area contributed by atoms with Crippen molar-refractivity contribution in [1.82, 2.24) is 10.2 Å². The Morgan fingerprint density at radius 1 is 1.11 bits per heavy atom. The molecule has 1 heterocycles. The maximum atomic E-state index is 13.6. The molecule has 2 amide bonds. The van der Waals surface area contributed by atoms with Gasteiger partial charge in [-0.05, 0) is 57.5 Å². The summed E-state index contributed by atoms with van der Waals surface area (Å²) in [5.41, 5.74) is 0.441. The molecule has 0 radical (unpaired) electrons. The minimum atomic E-state index is -3.85. The van der Waals surface area contributed by atoms with Gasteiger partial charge in [0.1, 0.15) is 12.6 Å². The molecule has 1 N–H and O–H groups in total. The molecule has 1 aliphatic rings. The maximum absolute atomic E-state index is 13.6. The molecule has 9 nitrogen and oxygen atoms in total. The fraction of sp³-hybridized carbons (Fsp3) is 0.417. The van der Waals surface area contributed by atoms with Gasteiger partial charge in [0, 0.05) is 23.2 Å². The van der Waals surface area contributed by atoms with Crippen LogP contribution < -0.4 is 19.1 Å². The monoisotopic (exact) mass is 523 g/mol. The molecule has 3 rings (SSSR count). The van der Waals surface area contributed by atoms with Crippen LogP contribution in [0, 0.1) is 0 Å². The van der Waals surface area contributed by atoms with Gasteiger partial charge in [-0.2, -0.15) is 0 Å². The van der Waals surface area contributed by atoms with Crippen molar-refractivity contribution in [3.8, 4) is 11.5 Å². The van der Waals surface area contributed by atoms with Gasteiger partial charge >= 0.3 is 0 Å². The lowest BCUT2D eigenvalue weighted by atomic mass is 10.1. The number of halogens is 1. The van der Waals surface area contributed by atoms with Crippen molar-refractivity contribution in [2.75, 3.05) is 23.9 Å². The number of nitrogens with one attached hydrogen (secondary N) is 1. The summed E-state index contributed by atoms with van der Waals surface area (Å²) >= 11 is 6.12. The van der Waals surface area contributed by atoms with Crippen LogP contribution in [0.25, 0.3) is 0 Å². The van der Waals surface area contributed by atoms with Gasteiger partial charge in [-0.1, -0.05) is 23.7 Å². The Hall–Kier alpha value is -2.98. The number of hydrogen-bond acceptors (Lipinski definition) is 6. The number of ether oxygens (including phenoxy) is 2. The van der Waals surface area contributed by atoms with E-state index >= 15 is 0 Å². The molecule has 1 unspecified atom stereocenters. The molecule has 0 saturated carbocycles. The van der Waals surface area contributed by atoms with Crippen LogP contribution in [0.15, 0.2) is 42.5 Å². The summed E-state index contributed by atoms with van der Waals surface area (Å²) in [6.45, 7) is 6.71. The summed E-state index contributed by atoms with van der Waals surface area (Å²) in [5, 5.41) is 3.36. The van der Waals surface area contributed by atoms with Crippen LogP contribution in [-0.2, 0) is 26.2 Å². The first-order chi connectivity index (χ1) is 16.2. The predicted octanol–water partition coefficient (Wildman–Crippen LogP) is 3.17. The minimum Gasteiger partial charge on any atom is -0.454 e. The highest BCUT2D eigenvalue weighted by Crippen LogP contribution is 2.36. The van der Waals surface area contributed by atoms with E-state index in [1.54, 1.807) is 43.3 Å². The number of carbonyl (C=O) groups excluding carboxylic acids is 2. The Balaban J connectivity index is 1.92. The molecule has 0 spiro atoms. The van der Waals surface area contributed by atoms with Crippen LogP contribution >= 0.6 is 11.6 Å². The summed E-state index contributed by atoms with van der Waals surface area (Å²) in [6.07, 6.45) is 1.02. The minimum absolute atomic E-state index is 0.0322. The standard InChI is InChI=1S/C24H30ClN3O6S/c1-16(23(30)26-24(2,3)4)27(13-17-7-6-8-18(25)11-17)22(29)14-28(35(5,31)32)19-9-10-20-21(12-19)34-15-33-20/h6-12,16H,13-15H2,1-5H3,(H,26,30). The molecule has 0 aliphatic carbocycles. The van der Waals surface area contributed by atoms with Gasteiger partial charge < -0.3 is 19.7 Å². The summed E-state index contributed by atoms with van der Waals surface area (Å²) in [6, 6.07) is 10.7. The first-order valence-corrected chi connectivity index (χ1v) is 13.2. The number of hydrogen-bond donors (Lipinski definition) is 1. The smallest absolute Gasteiger partial charge is 0.244 e. The van der Waals surface area contributed by atoms with Crippen LogP contribution in [0.2, 0.25) is 5.02 Å². The van der Waals surface area contributed by atoms with E-state index in [1.165, 1.54) is 11.0 Å². The zero-order chi connectivity index (χ0) is 26.0. The molecule has 1 atom stereocenters. The number of sulfonamides is 1. The first kappa shape index (κ1) is 26.6. The van der Waals surface area contributed by atoms with Crippen molar-refractivity contribution in [1.29, 1.82) is 0 Å². The summed E-state index contributed by atoms with van der Waals surface area (Å²) in [4.78, 5) is 27.9. The Bertz CT molecular complexity index is 1210. The van der Waals surface area contributed by atoms with E-state index < -0.39 is 34.1 Å². The third kappa shape index (κ3) is 7.02. The molecule has 11 heteroatoms. The van der Waals surface area contributed by atoms with Crippen molar-refractivity contribution in [2.24, 2.45) is 0 Å². The third-order valence-electron chi connectivity index (χ3n) is 5.23. The van der Waals surface area contributed by atoms with Crippen molar-refractivity contribution in [3.05, 3.63) is 53.1 Å². The average molecular weight is 524 g/mol. The van der Waals surface area contributed by atoms with Gasteiger partial charge in [-0.15, -0.1) is 0 Å². The Morgan fingerprint density at radius 3 is 2.43 bits per heavy atom. The second-order valence-corrected chi connectivity index (χ2v) is 11.7. The summed E-state index contributed by atoms with van der Waals surface area (Å²) < 4.78 is 37.0. The summed E-state index contributed by atoms with van der Waals surface area (Å²) in [5.74, 6) is -0.0348. The van der Waals surface area contributed by atoms with Gasteiger partial charge in [-0.25, -0.2) is 8.42 Å². The lowest BCUT2D eigenvalue weighted by Gasteiger charge is -2.33.